The van der Waals surface area contributed by atoms with Gasteiger partial charge in [-0.05, 0) is 29.7 Å². The minimum absolute atomic E-state index is 0.328. The maximum Gasteiger partial charge on any atom is 0.231 e. The molecule has 0 saturated heterocycles. The molecule has 1 atom stereocenters. The standard InChI is InChI=1S/C18H21NO2/c1-2-6-16(15-7-4-3-5-8-15)19-12-14-9-10-17-18(11-14)21-13-20-17/h3-5,7-11,16,19H,2,6,12-13H2,1H3. The van der Waals surface area contributed by atoms with Gasteiger partial charge in [-0.15, -0.1) is 0 Å². The summed E-state index contributed by atoms with van der Waals surface area (Å²) in [6.07, 6.45) is 2.29. The number of hydrogen-bond acceptors (Lipinski definition) is 3. The Morgan fingerprint density at radius 1 is 1.05 bits per heavy atom. The van der Waals surface area contributed by atoms with Gasteiger partial charge in [-0.2, -0.15) is 0 Å². The second kappa shape index (κ2) is 6.64. The third kappa shape index (κ3) is 3.37. The summed E-state index contributed by atoms with van der Waals surface area (Å²) in [5.74, 6) is 1.69. The van der Waals surface area contributed by atoms with E-state index in [1.807, 2.05) is 6.07 Å². The van der Waals surface area contributed by atoms with Crippen molar-refractivity contribution in [3.63, 3.8) is 0 Å². The molecule has 0 fully saturated rings. The van der Waals surface area contributed by atoms with Crippen LogP contribution in [-0.4, -0.2) is 6.79 Å². The van der Waals surface area contributed by atoms with Gasteiger partial charge in [-0.1, -0.05) is 49.7 Å². The summed E-state index contributed by atoms with van der Waals surface area (Å²) in [6.45, 7) is 3.38. The summed E-state index contributed by atoms with van der Waals surface area (Å²) in [6, 6.07) is 17.2. The SMILES string of the molecule is CCCC(NCc1ccc2c(c1)OCO2)c1ccccc1. The minimum Gasteiger partial charge on any atom is -0.454 e. The number of rotatable bonds is 6. The Kier molecular flexibility index (Phi) is 4.41. The second-order valence-electron chi connectivity index (χ2n) is 5.32. The maximum absolute atomic E-state index is 5.43. The lowest BCUT2D eigenvalue weighted by molar-refractivity contribution is 0.174. The first-order valence-electron chi connectivity index (χ1n) is 7.53. The first kappa shape index (κ1) is 14.0. The van der Waals surface area contributed by atoms with Crippen LogP contribution in [0.5, 0.6) is 11.5 Å². The van der Waals surface area contributed by atoms with Crippen LogP contribution >= 0.6 is 0 Å². The summed E-state index contributed by atoms with van der Waals surface area (Å²) < 4.78 is 10.8. The van der Waals surface area contributed by atoms with Crippen molar-refractivity contribution in [1.82, 2.24) is 5.32 Å². The molecule has 3 nitrogen and oxygen atoms in total. The molecule has 110 valence electrons. The number of ether oxygens (including phenoxy) is 2. The van der Waals surface area contributed by atoms with E-state index >= 15 is 0 Å². The molecule has 0 radical (unpaired) electrons. The van der Waals surface area contributed by atoms with Crippen LogP contribution in [0, 0.1) is 0 Å². The van der Waals surface area contributed by atoms with Crippen molar-refractivity contribution in [2.45, 2.75) is 32.4 Å². The molecule has 1 heterocycles. The van der Waals surface area contributed by atoms with Crippen molar-refractivity contribution in [2.24, 2.45) is 0 Å². The molecule has 0 spiro atoms. The highest BCUT2D eigenvalue weighted by Gasteiger charge is 2.14. The summed E-state index contributed by atoms with van der Waals surface area (Å²) in [5.41, 5.74) is 2.57. The Labute approximate surface area is 125 Å². The highest BCUT2D eigenvalue weighted by atomic mass is 16.7. The largest absolute Gasteiger partial charge is 0.454 e. The predicted octanol–water partition coefficient (Wildman–Crippen LogP) is 4.05. The molecule has 1 N–H and O–H groups in total. The Morgan fingerprint density at radius 3 is 2.67 bits per heavy atom. The zero-order valence-corrected chi connectivity index (χ0v) is 12.3. The fourth-order valence-corrected chi connectivity index (χ4v) is 2.65. The lowest BCUT2D eigenvalue weighted by Crippen LogP contribution is -2.20. The fraction of sp³-hybridized carbons (Fsp3) is 0.333. The van der Waals surface area contributed by atoms with Crippen LogP contribution < -0.4 is 14.8 Å². The van der Waals surface area contributed by atoms with Gasteiger partial charge in [0.05, 0.1) is 0 Å². The van der Waals surface area contributed by atoms with Gasteiger partial charge in [0.1, 0.15) is 0 Å². The van der Waals surface area contributed by atoms with E-state index in [1.54, 1.807) is 0 Å². The van der Waals surface area contributed by atoms with E-state index in [0.29, 0.717) is 12.8 Å². The Balaban J connectivity index is 1.67. The summed E-state index contributed by atoms with van der Waals surface area (Å²) in [7, 11) is 0. The van der Waals surface area contributed by atoms with E-state index in [-0.39, 0.29) is 0 Å². The first-order chi connectivity index (χ1) is 10.4. The van der Waals surface area contributed by atoms with Gasteiger partial charge in [0.25, 0.3) is 0 Å². The average Bonchev–Trinajstić information content (AvgIpc) is 3.00. The first-order valence-corrected chi connectivity index (χ1v) is 7.53. The van der Waals surface area contributed by atoms with E-state index in [1.165, 1.54) is 11.1 Å². The predicted molar refractivity (Wildman–Crippen MR) is 83.5 cm³/mol. The van der Waals surface area contributed by atoms with Gasteiger partial charge in [0.15, 0.2) is 11.5 Å². The fourth-order valence-electron chi connectivity index (χ4n) is 2.65. The van der Waals surface area contributed by atoms with Crippen molar-refractivity contribution < 1.29 is 9.47 Å². The van der Waals surface area contributed by atoms with E-state index in [2.05, 4.69) is 54.7 Å². The molecule has 21 heavy (non-hydrogen) atoms. The third-order valence-corrected chi connectivity index (χ3v) is 3.77. The van der Waals surface area contributed by atoms with Crippen LogP contribution in [0.4, 0.5) is 0 Å². The normalized spacial score (nSPS) is 14.1. The van der Waals surface area contributed by atoms with E-state index in [4.69, 9.17) is 9.47 Å². The Morgan fingerprint density at radius 2 is 1.86 bits per heavy atom. The summed E-state index contributed by atoms with van der Waals surface area (Å²) in [5, 5.41) is 3.65. The van der Waals surface area contributed by atoms with Crippen LogP contribution in [0.2, 0.25) is 0 Å². The summed E-state index contributed by atoms with van der Waals surface area (Å²) >= 11 is 0. The van der Waals surface area contributed by atoms with Gasteiger partial charge in [-0.3, -0.25) is 0 Å². The average molecular weight is 283 g/mol. The zero-order chi connectivity index (χ0) is 14.5. The molecule has 0 saturated carbocycles. The highest BCUT2D eigenvalue weighted by molar-refractivity contribution is 5.44. The van der Waals surface area contributed by atoms with Crippen molar-refractivity contribution >= 4 is 0 Å². The zero-order valence-electron chi connectivity index (χ0n) is 12.3. The van der Waals surface area contributed by atoms with Crippen LogP contribution in [-0.2, 0) is 6.54 Å². The molecule has 1 aliphatic heterocycles. The maximum atomic E-state index is 5.43. The Hall–Kier alpha value is -2.00. The third-order valence-electron chi connectivity index (χ3n) is 3.77. The lowest BCUT2D eigenvalue weighted by Gasteiger charge is -2.19. The second-order valence-corrected chi connectivity index (χ2v) is 5.32. The van der Waals surface area contributed by atoms with Crippen LogP contribution in [0.3, 0.4) is 0 Å². The molecule has 2 aromatic rings. The molecule has 3 rings (SSSR count). The highest BCUT2D eigenvalue weighted by Crippen LogP contribution is 2.32. The topological polar surface area (TPSA) is 30.5 Å². The van der Waals surface area contributed by atoms with E-state index < -0.39 is 0 Å². The number of nitrogens with one attached hydrogen (secondary N) is 1. The molecule has 0 bridgehead atoms. The summed E-state index contributed by atoms with van der Waals surface area (Å²) in [4.78, 5) is 0. The quantitative estimate of drug-likeness (QED) is 0.867. The number of hydrogen-bond donors (Lipinski definition) is 1. The monoisotopic (exact) mass is 283 g/mol. The van der Waals surface area contributed by atoms with Crippen molar-refractivity contribution in [2.75, 3.05) is 6.79 Å². The number of benzene rings is 2. The molecule has 1 aliphatic rings. The van der Waals surface area contributed by atoms with Crippen LogP contribution in [0.15, 0.2) is 48.5 Å². The molecule has 0 amide bonds. The molecular formula is C18H21NO2. The number of fused-ring (bicyclic) bond motifs is 1. The van der Waals surface area contributed by atoms with Crippen molar-refractivity contribution in [1.29, 1.82) is 0 Å². The minimum atomic E-state index is 0.328. The molecule has 1 unspecified atom stereocenters. The van der Waals surface area contributed by atoms with Gasteiger partial charge in [0, 0.05) is 12.6 Å². The molecular weight excluding hydrogens is 262 g/mol. The smallest absolute Gasteiger partial charge is 0.231 e. The molecule has 3 heteroatoms. The van der Waals surface area contributed by atoms with Gasteiger partial charge in [-0.25, -0.2) is 0 Å². The van der Waals surface area contributed by atoms with Crippen molar-refractivity contribution in [3.05, 3.63) is 59.7 Å². The van der Waals surface area contributed by atoms with E-state index in [9.17, 15) is 0 Å². The van der Waals surface area contributed by atoms with Gasteiger partial charge >= 0.3 is 0 Å². The van der Waals surface area contributed by atoms with Gasteiger partial charge < -0.3 is 14.8 Å². The molecule has 0 aromatic heterocycles. The van der Waals surface area contributed by atoms with E-state index in [0.717, 1.165) is 30.9 Å². The van der Waals surface area contributed by atoms with Crippen molar-refractivity contribution in [3.8, 4) is 11.5 Å². The molecule has 2 aromatic carbocycles. The van der Waals surface area contributed by atoms with Gasteiger partial charge in [0.2, 0.25) is 6.79 Å². The Bertz CT molecular complexity index is 583. The molecule has 0 aliphatic carbocycles. The van der Waals surface area contributed by atoms with Crippen LogP contribution in [0.1, 0.15) is 36.9 Å². The lowest BCUT2D eigenvalue weighted by atomic mass is 10.0. The van der Waals surface area contributed by atoms with Crippen LogP contribution in [0.25, 0.3) is 0 Å².